The summed E-state index contributed by atoms with van der Waals surface area (Å²) >= 11 is 0. The molecule has 2 aromatic rings. The van der Waals surface area contributed by atoms with Crippen molar-refractivity contribution in [2.45, 2.75) is 19.3 Å². The molecule has 0 aliphatic heterocycles. The Kier molecular flexibility index (Phi) is 4.19. The van der Waals surface area contributed by atoms with E-state index in [0.29, 0.717) is 41.9 Å². The monoisotopic (exact) mass is 275 g/mol. The Bertz CT molecular complexity index is 680. The first-order valence-electron chi connectivity index (χ1n) is 6.38. The van der Waals surface area contributed by atoms with Crippen LogP contribution >= 0.6 is 0 Å². The molecule has 1 aromatic carbocycles. The number of anilines is 2. The Morgan fingerprint density at radius 2 is 2.15 bits per heavy atom. The molecule has 1 aromatic heterocycles. The standard InChI is InChI=1S/C13H17N5O2/c14-8-4-5-10-9(7-8)12(20)18-13(17-10)16-6-2-1-3-11(15)19/h4-5,7H,1-3,6,14H2,(H2,15,19)(H2,16,17,18,20). The van der Waals surface area contributed by atoms with Crippen LogP contribution in [-0.4, -0.2) is 22.4 Å². The fourth-order valence-electron chi connectivity index (χ4n) is 1.87. The summed E-state index contributed by atoms with van der Waals surface area (Å²) < 4.78 is 0. The van der Waals surface area contributed by atoms with Crippen LogP contribution in [0.2, 0.25) is 0 Å². The predicted octanol–water partition coefficient (Wildman–Crippen LogP) is 0.573. The van der Waals surface area contributed by atoms with Crippen LogP contribution in [-0.2, 0) is 4.79 Å². The van der Waals surface area contributed by atoms with Gasteiger partial charge in [-0.2, -0.15) is 0 Å². The Morgan fingerprint density at radius 1 is 1.35 bits per heavy atom. The van der Waals surface area contributed by atoms with Crippen molar-refractivity contribution >= 4 is 28.4 Å². The molecule has 6 N–H and O–H groups in total. The van der Waals surface area contributed by atoms with Crippen LogP contribution in [0, 0.1) is 0 Å². The topological polar surface area (TPSA) is 127 Å². The maximum absolute atomic E-state index is 11.9. The zero-order valence-corrected chi connectivity index (χ0v) is 11.0. The number of carbonyl (C=O) groups is 1. The van der Waals surface area contributed by atoms with Crippen LogP contribution < -0.4 is 22.3 Å². The number of H-pyrrole nitrogens is 1. The molecule has 2 rings (SSSR count). The fourth-order valence-corrected chi connectivity index (χ4v) is 1.87. The first-order chi connectivity index (χ1) is 9.56. The summed E-state index contributed by atoms with van der Waals surface area (Å²) in [5.74, 6) is 0.103. The van der Waals surface area contributed by atoms with Crippen LogP contribution in [0.1, 0.15) is 19.3 Å². The molecule has 1 amide bonds. The third-order valence-electron chi connectivity index (χ3n) is 2.87. The highest BCUT2D eigenvalue weighted by Gasteiger charge is 2.04. The van der Waals surface area contributed by atoms with Crippen molar-refractivity contribution in [3.63, 3.8) is 0 Å². The highest BCUT2D eigenvalue weighted by Crippen LogP contribution is 2.12. The molecular formula is C13H17N5O2. The van der Waals surface area contributed by atoms with Crippen molar-refractivity contribution in [2.75, 3.05) is 17.6 Å². The molecule has 0 aliphatic carbocycles. The second kappa shape index (κ2) is 6.05. The van der Waals surface area contributed by atoms with Crippen molar-refractivity contribution < 1.29 is 4.79 Å². The van der Waals surface area contributed by atoms with Gasteiger partial charge in [-0.1, -0.05) is 0 Å². The molecule has 0 bridgehead atoms. The second-order valence-corrected chi connectivity index (χ2v) is 4.54. The second-order valence-electron chi connectivity index (χ2n) is 4.54. The number of nitrogens with zero attached hydrogens (tertiary/aromatic N) is 1. The lowest BCUT2D eigenvalue weighted by Crippen LogP contribution is -2.15. The Hall–Kier alpha value is -2.57. The summed E-state index contributed by atoms with van der Waals surface area (Å²) in [5.41, 5.74) is 11.6. The van der Waals surface area contributed by atoms with Gasteiger partial charge in [-0.3, -0.25) is 14.6 Å². The van der Waals surface area contributed by atoms with Crippen LogP contribution in [0.3, 0.4) is 0 Å². The molecule has 7 heteroatoms. The lowest BCUT2D eigenvalue weighted by atomic mass is 10.2. The van der Waals surface area contributed by atoms with E-state index in [1.54, 1.807) is 18.2 Å². The van der Waals surface area contributed by atoms with E-state index in [-0.39, 0.29) is 11.5 Å². The van der Waals surface area contributed by atoms with Gasteiger partial charge in [0.1, 0.15) is 0 Å². The van der Waals surface area contributed by atoms with E-state index >= 15 is 0 Å². The van der Waals surface area contributed by atoms with Crippen molar-refractivity contribution in [3.8, 4) is 0 Å². The number of aromatic amines is 1. The fraction of sp³-hybridized carbons (Fsp3) is 0.308. The average molecular weight is 275 g/mol. The largest absolute Gasteiger partial charge is 0.399 e. The molecule has 0 spiro atoms. The van der Waals surface area contributed by atoms with Crippen LogP contribution in [0.4, 0.5) is 11.6 Å². The molecule has 0 unspecified atom stereocenters. The van der Waals surface area contributed by atoms with Gasteiger partial charge in [0.2, 0.25) is 11.9 Å². The van der Waals surface area contributed by atoms with Gasteiger partial charge in [-0.25, -0.2) is 4.98 Å². The number of amides is 1. The number of carbonyl (C=O) groups excluding carboxylic acids is 1. The smallest absolute Gasteiger partial charge is 0.260 e. The van der Waals surface area contributed by atoms with Crippen molar-refractivity contribution in [1.82, 2.24) is 9.97 Å². The number of nitrogens with one attached hydrogen (secondary N) is 2. The minimum absolute atomic E-state index is 0.234. The van der Waals surface area contributed by atoms with Crippen molar-refractivity contribution in [1.29, 1.82) is 0 Å². The predicted molar refractivity (Wildman–Crippen MR) is 78.3 cm³/mol. The number of nitrogens with two attached hydrogens (primary N) is 2. The highest BCUT2D eigenvalue weighted by atomic mass is 16.1. The van der Waals surface area contributed by atoms with Gasteiger partial charge in [0, 0.05) is 18.7 Å². The molecule has 7 nitrogen and oxygen atoms in total. The first kappa shape index (κ1) is 13.9. The van der Waals surface area contributed by atoms with E-state index in [1.165, 1.54) is 0 Å². The number of rotatable bonds is 6. The van der Waals surface area contributed by atoms with Crippen LogP contribution in [0.25, 0.3) is 10.9 Å². The minimum atomic E-state index is -0.306. The normalized spacial score (nSPS) is 10.6. The van der Waals surface area contributed by atoms with Gasteiger partial charge in [0.25, 0.3) is 5.56 Å². The van der Waals surface area contributed by atoms with Gasteiger partial charge < -0.3 is 16.8 Å². The zero-order valence-electron chi connectivity index (χ0n) is 11.0. The van der Waals surface area contributed by atoms with Gasteiger partial charge in [-0.05, 0) is 31.0 Å². The van der Waals surface area contributed by atoms with Gasteiger partial charge in [0.15, 0.2) is 0 Å². The van der Waals surface area contributed by atoms with Crippen LogP contribution in [0.15, 0.2) is 23.0 Å². The van der Waals surface area contributed by atoms with E-state index < -0.39 is 0 Å². The maximum atomic E-state index is 11.9. The maximum Gasteiger partial charge on any atom is 0.260 e. The molecule has 0 saturated heterocycles. The molecule has 0 aliphatic rings. The third-order valence-corrected chi connectivity index (χ3v) is 2.87. The number of fused-ring (bicyclic) bond motifs is 1. The molecule has 0 radical (unpaired) electrons. The van der Waals surface area contributed by atoms with E-state index in [2.05, 4.69) is 15.3 Å². The quantitative estimate of drug-likeness (QED) is 0.453. The number of aromatic nitrogens is 2. The summed E-state index contributed by atoms with van der Waals surface area (Å²) in [6.45, 7) is 0.608. The Balaban J connectivity index is 2.03. The van der Waals surface area contributed by atoms with Gasteiger partial charge in [0.05, 0.1) is 10.9 Å². The van der Waals surface area contributed by atoms with E-state index in [4.69, 9.17) is 11.5 Å². The molecule has 0 fully saturated rings. The third kappa shape index (κ3) is 3.47. The highest BCUT2D eigenvalue weighted by molar-refractivity contribution is 5.81. The minimum Gasteiger partial charge on any atom is -0.399 e. The number of unbranched alkanes of at least 4 members (excludes halogenated alkanes) is 1. The first-order valence-corrected chi connectivity index (χ1v) is 6.38. The number of hydrogen-bond acceptors (Lipinski definition) is 5. The van der Waals surface area contributed by atoms with Crippen LogP contribution in [0.5, 0.6) is 0 Å². The number of benzene rings is 1. The lowest BCUT2D eigenvalue weighted by molar-refractivity contribution is -0.118. The molecule has 1 heterocycles. The van der Waals surface area contributed by atoms with E-state index in [0.717, 1.165) is 6.42 Å². The van der Waals surface area contributed by atoms with Crippen molar-refractivity contribution in [3.05, 3.63) is 28.6 Å². The summed E-state index contributed by atoms with van der Waals surface area (Å²) in [5, 5.41) is 3.48. The SMILES string of the molecule is NC(=O)CCCCNc1nc2ccc(N)cc2c(=O)[nH]1. The number of primary amides is 1. The van der Waals surface area contributed by atoms with Gasteiger partial charge >= 0.3 is 0 Å². The summed E-state index contributed by atoms with van der Waals surface area (Å²) in [6, 6.07) is 5.00. The number of hydrogen-bond donors (Lipinski definition) is 4. The van der Waals surface area contributed by atoms with Gasteiger partial charge in [-0.15, -0.1) is 0 Å². The summed E-state index contributed by atoms with van der Waals surface area (Å²) in [4.78, 5) is 29.4. The Morgan fingerprint density at radius 3 is 2.90 bits per heavy atom. The summed E-state index contributed by atoms with van der Waals surface area (Å²) in [7, 11) is 0. The lowest BCUT2D eigenvalue weighted by Gasteiger charge is -2.06. The summed E-state index contributed by atoms with van der Waals surface area (Å²) in [6.07, 6.45) is 1.84. The Labute approximate surface area is 115 Å². The zero-order chi connectivity index (χ0) is 14.5. The molecule has 20 heavy (non-hydrogen) atoms. The van der Waals surface area contributed by atoms with Crippen molar-refractivity contribution in [2.24, 2.45) is 5.73 Å². The van der Waals surface area contributed by atoms with E-state index in [9.17, 15) is 9.59 Å². The molecule has 0 saturated carbocycles. The number of nitrogen functional groups attached to an aromatic ring is 1. The molecular weight excluding hydrogens is 258 g/mol. The molecule has 0 atom stereocenters. The average Bonchev–Trinajstić information content (AvgIpc) is 2.39. The van der Waals surface area contributed by atoms with E-state index in [1.807, 2.05) is 0 Å². The molecule has 106 valence electrons.